The number of aromatic nitrogens is 4. The van der Waals surface area contributed by atoms with Gasteiger partial charge >= 0.3 is 0 Å². The topological polar surface area (TPSA) is 50.1 Å². The highest BCUT2D eigenvalue weighted by Crippen LogP contribution is 2.28. The van der Waals surface area contributed by atoms with Crippen LogP contribution in [0, 0.1) is 0 Å². The first-order chi connectivity index (χ1) is 12.7. The van der Waals surface area contributed by atoms with Crippen LogP contribution in [-0.4, -0.2) is 51.1 Å². The van der Waals surface area contributed by atoms with E-state index in [1.165, 1.54) is 60.3 Å². The second-order valence-electron chi connectivity index (χ2n) is 8.20. The fraction of sp³-hybridized carbons (Fsp3) is 0.650. The molecule has 2 aliphatic carbocycles. The lowest BCUT2D eigenvalue weighted by Gasteiger charge is -2.44. The molecule has 0 radical (unpaired) electrons. The number of nitrogens with zero attached hydrogens (tertiary/aromatic N) is 6. The van der Waals surface area contributed by atoms with Crippen LogP contribution in [0.25, 0.3) is 0 Å². The van der Waals surface area contributed by atoms with Gasteiger partial charge in [-0.15, -0.1) is 5.10 Å². The molecule has 2 aromatic heterocycles. The molecule has 3 heterocycles. The molecule has 0 amide bonds. The number of fused-ring (bicyclic) bond motifs is 2. The summed E-state index contributed by atoms with van der Waals surface area (Å²) in [7, 11) is 4.34. The van der Waals surface area contributed by atoms with Gasteiger partial charge in [0.15, 0.2) is 5.82 Å². The summed E-state index contributed by atoms with van der Waals surface area (Å²) < 4.78 is 2.10. The van der Waals surface area contributed by atoms with Gasteiger partial charge in [0.1, 0.15) is 0 Å². The van der Waals surface area contributed by atoms with E-state index in [0.717, 1.165) is 38.3 Å². The van der Waals surface area contributed by atoms with Crippen molar-refractivity contribution < 1.29 is 0 Å². The third kappa shape index (κ3) is 2.71. The molecule has 0 saturated carbocycles. The molecule has 0 spiro atoms. The van der Waals surface area contributed by atoms with E-state index in [1.54, 1.807) is 0 Å². The van der Waals surface area contributed by atoms with Crippen molar-refractivity contribution in [2.75, 3.05) is 25.0 Å². The van der Waals surface area contributed by atoms with Crippen LogP contribution in [0.4, 0.5) is 5.82 Å². The Kier molecular flexibility index (Phi) is 3.96. The van der Waals surface area contributed by atoms with Crippen LogP contribution in [0.5, 0.6) is 0 Å². The molecule has 2 aromatic rings. The van der Waals surface area contributed by atoms with Gasteiger partial charge in [0, 0.05) is 32.7 Å². The van der Waals surface area contributed by atoms with Crippen LogP contribution in [0.15, 0.2) is 6.07 Å². The molecule has 6 heteroatoms. The Hall–Kier alpha value is -1.95. The van der Waals surface area contributed by atoms with Crippen molar-refractivity contribution in [3.8, 4) is 0 Å². The molecule has 1 saturated heterocycles. The minimum Gasteiger partial charge on any atom is -0.352 e. The van der Waals surface area contributed by atoms with Crippen molar-refractivity contribution in [3.05, 3.63) is 34.3 Å². The predicted molar refractivity (Wildman–Crippen MR) is 101 cm³/mol. The Labute approximate surface area is 155 Å². The highest BCUT2D eigenvalue weighted by Gasteiger charge is 2.33. The van der Waals surface area contributed by atoms with Crippen molar-refractivity contribution in [1.29, 1.82) is 0 Å². The first-order valence-electron chi connectivity index (χ1n) is 10.0. The molecule has 5 rings (SSSR count). The van der Waals surface area contributed by atoms with E-state index >= 15 is 0 Å². The van der Waals surface area contributed by atoms with E-state index in [2.05, 4.69) is 44.8 Å². The van der Waals surface area contributed by atoms with E-state index in [0.29, 0.717) is 6.04 Å². The monoisotopic (exact) mass is 352 g/mol. The Bertz CT molecular complexity index is 820. The minimum atomic E-state index is 0.583. The van der Waals surface area contributed by atoms with Crippen molar-refractivity contribution in [2.24, 2.45) is 7.05 Å². The Morgan fingerprint density at radius 2 is 1.85 bits per heavy atom. The number of rotatable bonds is 4. The fourth-order valence-corrected chi connectivity index (χ4v) is 4.70. The highest BCUT2D eigenvalue weighted by atomic mass is 15.4. The zero-order valence-corrected chi connectivity index (χ0v) is 15.9. The summed E-state index contributed by atoms with van der Waals surface area (Å²) in [4.78, 5) is 4.86. The molecule has 0 atom stereocenters. The van der Waals surface area contributed by atoms with Crippen molar-refractivity contribution in [3.63, 3.8) is 0 Å². The lowest BCUT2D eigenvalue weighted by Crippen LogP contribution is -2.58. The molecule has 26 heavy (non-hydrogen) atoms. The Balaban J connectivity index is 1.23. The molecule has 0 bridgehead atoms. The third-order valence-electron chi connectivity index (χ3n) is 6.46. The molecular formula is C20H28N6. The standard InChI is InChI=1S/C20H28N6/c1-24(13-19-16-7-5-9-18(16)23-25(19)2)15-11-26(12-15)20-10-14-6-3-4-8-17(14)21-22-20/h10,15H,3-9,11-13H2,1-2H3. The second-order valence-corrected chi connectivity index (χ2v) is 8.20. The molecule has 0 aromatic carbocycles. The smallest absolute Gasteiger partial charge is 0.151 e. The summed E-state index contributed by atoms with van der Waals surface area (Å²) >= 11 is 0. The van der Waals surface area contributed by atoms with E-state index in [1.807, 2.05) is 0 Å². The maximum absolute atomic E-state index is 4.71. The van der Waals surface area contributed by atoms with Gasteiger partial charge in [0.25, 0.3) is 0 Å². The molecule has 6 nitrogen and oxygen atoms in total. The molecule has 1 fully saturated rings. The van der Waals surface area contributed by atoms with E-state index in [-0.39, 0.29) is 0 Å². The van der Waals surface area contributed by atoms with Crippen LogP contribution in [0.2, 0.25) is 0 Å². The first-order valence-corrected chi connectivity index (χ1v) is 10.0. The maximum atomic E-state index is 4.71. The predicted octanol–water partition coefficient (Wildman–Crippen LogP) is 1.90. The van der Waals surface area contributed by atoms with Gasteiger partial charge in [-0.25, -0.2) is 0 Å². The fourth-order valence-electron chi connectivity index (χ4n) is 4.70. The van der Waals surface area contributed by atoms with Gasteiger partial charge in [-0.3, -0.25) is 9.58 Å². The lowest BCUT2D eigenvalue weighted by atomic mass is 9.96. The van der Waals surface area contributed by atoms with Crippen LogP contribution in [0.1, 0.15) is 47.5 Å². The zero-order valence-electron chi connectivity index (χ0n) is 15.9. The van der Waals surface area contributed by atoms with E-state index in [9.17, 15) is 0 Å². The number of likely N-dealkylation sites (N-methyl/N-ethyl adjacent to an activating group) is 1. The van der Waals surface area contributed by atoms with Crippen LogP contribution >= 0.6 is 0 Å². The molecule has 0 N–H and O–H groups in total. The van der Waals surface area contributed by atoms with Crippen molar-refractivity contribution >= 4 is 5.82 Å². The number of hydrogen-bond donors (Lipinski definition) is 0. The third-order valence-corrected chi connectivity index (χ3v) is 6.46. The van der Waals surface area contributed by atoms with Gasteiger partial charge in [0.05, 0.1) is 17.1 Å². The summed E-state index contributed by atoms with van der Waals surface area (Å²) in [6.07, 6.45) is 8.44. The van der Waals surface area contributed by atoms with Gasteiger partial charge in [-0.2, -0.15) is 10.2 Å². The normalized spacial score (nSPS) is 19.6. The SMILES string of the molecule is CN(Cc1c2c(nn1C)CCC2)C1CN(c2cc3c(nn2)CCCC3)C1. The van der Waals surface area contributed by atoms with E-state index < -0.39 is 0 Å². The molecule has 3 aliphatic rings. The molecule has 1 aliphatic heterocycles. The molecule has 138 valence electrons. The van der Waals surface area contributed by atoms with Gasteiger partial charge in [-0.05, 0) is 69.2 Å². The molecular weight excluding hydrogens is 324 g/mol. The highest BCUT2D eigenvalue weighted by molar-refractivity contribution is 5.45. The minimum absolute atomic E-state index is 0.583. The van der Waals surface area contributed by atoms with Crippen molar-refractivity contribution in [1.82, 2.24) is 24.9 Å². The zero-order chi connectivity index (χ0) is 17.7. The first kappa shape index (κ1) is 16.2. The summed E-state index contributed by atoms with van der Waals surface area (Å²) in [6, 6.07) is 2.87. The average molecular weight is 352 g/mol. The number of anilines is 1. The van der Waals surface area contributed by atoms with Gasteiger partial charge < -0.3 is 4.90 Å². The summed E-state index contributed by atoms with van der Waals surface area (Å²) in [6.45, 7) is 3.08. The second kappa shape index (κ2) is 6.34. The van der Waals surface area contributed by atoms with Crippen LogP contribution in [0.3, 0.4) is 0 Å². The van der Waals surface area contributed by atoms with Crippen LogP contribution < -0.4 is 4.90 Å². The summed E-state index contributed by atoms with van der Waals surface area (Å²) in [5.41, 5.74) is 6.89. The van der Waals surface area contributed by atoms with E-state index in [4.69, 9.17) is 5.10 Å². The number of hydrogen-bond acceptors (Lipinski definition) is 5. The quantitative estimate of drug-likeness (QED) is 0.841. The van der Waals surface area contributed by atoms with Gasteiger partial charge in [0.2, 0.25) is 0 Å². The van der Waals surface area contributed by atoms with Crippen LogP contribution in [-0.2, 0) is 39.3 Å². The average Bonchev–Trinajstić information content (AvgIpc) is 3.16. The summed E-state index contributed by atoms with van der Waals surface area (Å²) in [5.74, 6) is 1.07. The maximum Gasteiger partial charge on any atom is 0.151 e. The van der Waals surface area contributed by atoms with Gasteiger partial charge in [-0.1, -0.05) is 0 Å². The van der Waals surface area contributed by atoms with Crippen molar-refractivity contribution in [2.45, 2.75) is 57.5 Å². The molecule has 0 unspecified atom stereocenters. The number of aryl methyl sites for hydroxylation is 4. The lowest BCUT2D eigenvalue weighted by molar-refractivity contribution is 0.192. The Morgan fingerprint density at radius 1 is 1.04 bits per heavy atom. The Morgan fingerprint density at radius 3 is 2.73 bits per heavy atom. The largest absolute Gasteiger partial charge is 0.352 e. The summed E-state index contributed by atoms with van der Waals surface area (Å²) in [5, 5.41) is 13.7.